The lowest BCUT2D eigenvalue weighted by Gasteiger charge is -2.29. The molecular weight excluding hydrogens is 412 g/mol. The van der Waals surface area contributed by atoms with Crippen molar-refractivity contribution in [2.75, 3.05) is 13.1 Å². The lowest BCUT2D eigenvalue weighted by atomic mass is 9.83. The van der Waals surface area contributed by atoms with Crippen molar-refractivity contribution >= 4 is 24.3 Å². The molecule has 1 atom stereocenters. The maximum Gasteiger partial charge on any atom is 0.306 e. The Morgan fingerprint density at radius 1 is 1.06 bits per heavy atom. The largest absolute Gasteiger partial charge is 0.463 e. The van der Waals surface area contributed by atoms with Crippen molar-refractivity contribution in [3.8, 4) is 0 Å². The highest BCUT2D eigenvalue weighted by Gasteiger charge is 2.24. The van der Waals surface area contributed by atoms with Gasteiger partial charge in [0.05, 0.1) is 6.10 Å². The standard InChI is InChI=1S/C25H38N2O3.ClH/c1-3-18(2)30-24(28)13-6-19-4-11-23(12-5-19)27-25(29)22-9-7-20(8-10-22)21-14-16-26-17-15-21;/h7-10,18-19,21,23,26H,3-6,11-17H2,1-2H3,(H,27,29);1H. The summed E-state index contributed by atoms with van der Waals surface area (Å²) in [4.78, 5) is 24.5. The number of rotatable bonds is 8. The first-order chi connectivity index (χ1) is 14.5. The van der Waals surface area contributed by atoms with Crippen LogP contribution in [0, 0.1) is 5.92 Å². The molecule has 1 saturated carbocycles. The normalized spacial score (nSPS) is 22.8. The summed E-state index contributed by atoms with van der Waals surface area (Å²) in [5.41, 5.74) is 2.10. The van der Waals surface area contributed by atoms with Gasteiger partial charge in [0, 0.05) is 18.0 Å². The Bertz CT molecular complexity index is 681. The number of halogens is 1. The van der Waals surface area contributed by atoms with Gasteiger partial charge in [-0.1, -0.05) is 19.1 Å². The minimum atomic E-state index is -0.0762. The minimum Gasteiger partial charge on any atom is -0.463 e. The molecule has 1 saturated heterocycles. The van der Waals surface area contributed by atoms with Gasteiger partial charge in [0.25, 0.3) is 5.91 Å². The first kappa shape index (κ1) is 25.7. The van der Waals surface area contributed by atoms with E-state index in [1.54, 1.807) is 0 Å². The Hall–Kier alpha value is -1.59. The molecule has 0 aromatic heterocycles. The van der Waals surface area contributed by atoms with Crippen molar-refractivity contribution in [3.63, 3.8) is 0 Å². The van der Waals surface area contributed by atoms with E-state index in [0.717, 1.165) is 57.2 Å². The fourth-order valence-corrected chi connectivity index (χ4v) is 4.61. The first-order valence-electron chi connectivity index (χ1n) is 11.9. The smallest absolute Gasteiger partial charge is 0.306 e. The van der Waals surface area contributed by atoms with Crippen molar-refractivity contribution < 1.29 is 14.3 Å². The zero-order valence-corrected chi connectivity index (χ0v) is 19.8. The number of amides is 1. The van der Waals surface area contributed by atoms with Crippen LogP contribution in [0.15, 0.2) is 24.3 Å². The summed E-state index contributed by atoms with van der Waals surface area (Å²) in [5.74, 6) is 1.13. The number of carbonyl (C=O) groups is 2. The highest BCUT2D eigenvalue weighted by molar-refractivity contribution is 5.94. The van der Waals surface area contributed by atoms with Gasteiger partial charge in [0.15, 0.2) is 0 Å². The molecule has 0 radical (unpaired) electrons. The molecule has 2 N–H and O–H groups in total. The van der Waals surface area contributed by atoms with Crippen LogP contribution in [-0.4, -0.2) is 37.1 Å². The molecular formula is C25H39ClN2O3. The van der Waals surface area contributed by atoms with Crippen LogP contribution in [0.2, 0.25) is 0 Å². The monoisotopic (exact) mass is 450 g/mol. The molecule has 1 amide bonds. The fraction of sp³-hybridized carbons (Fsp3) is 0.680. The van der Waals surface area contributed by atoms with Crippen LogP contribution < -0.4 is 10.6 Å². The quantitative estimate of drug-likeness (QED) is 0.547. The van der Waals surface area contributed by atoms with E-state index in [2.05, 4.69) is 22.8 Å². The second kappa shape index (κ2) is 13.1. The maximum atomic E-state index is 12.6. The Morgan fingerprint density at radius 3 is 2.32 bits per heavy atom. The SMILES string of the molecule is CCC(C)OC(=O)CCC1CCC(NC(=O)c2ccc(C3CCNCC3)cc2)CC1.Cl. The molecule has 5 nitrogen and oxygen atoms in total. The summed E-state index contributed by atoms with van der Waals surface area (Å²) >= 11 is 0. The molecule has 1 unspecified atom stereocenters. The van der Waals surface area contributed by atoms with Crippen molar-refractivity contribution in [2.24, 2.45) is 5.92 Å². The maximum absolute atomic E-state index is 12.6. The van der Waals surface area contributed by atoms with Crippen molar-refractivity contribution in [3.05, 3.63) is 35.4 Å². The number of nitrogens with one attached hydrogen (secondary N) is 2. The Labute approximate surface area is 193 Å². The molecule has 2 fully saturated rings. The van der Waals surface area contributed by atoms with Crippen LogP contribution in [-0.2, 0) is 9.53 Å². The Kier molecular flexibility index (Phi) is 10.8. The Morgan fingerprint density at radius 2 is 1.71 bits per heavy atom. The molecule has 0 bridgehead atoms. The van der Waals surface area contributed by atoms with Gasteiger partial charge in [0.1, 0.15) is 0 Å². The summed E-state index contributed by atoms with van der Waals surface area (Å²) in [7, 11) is 0. The molecule has 1 heterocycles. The van der Waals surface area contributed by atoms with Gasteiger partial charge >= 0.3 is 5.97 Å². The van der Waals surface area contributed by atoms with Crippen molar-refractivity contribution in [1.82, 2.24) is 10.6 Å². The molecule has 1 aliphatic carbocycles. The van der Waals surface area contributed by atoms with Gasteiger partial charge in [-0.25, -0.2) is 0 Å². The van der Waals surface area contributed by atoms with Crippen LogP contribution in [0.5, 0.6) is 0 Å². The number of hydrogen-bond donors (Lipinski definition) is 2. The van der Waals surface area contributed by atoms with Crippen molar-refractivity contribution in [1.29, 1.82) is 0 Å². The van der Waals surface area contributed by atoms with Gasteiger partial charge in [-0.2, -0.15) is 0 Å². The lowest BCUT2D eigenvalue weighted by molar-refractivity contribution is -0.148. The van der Waals surface area contributed by atoms with Gasteiger partial charge in [-0.05, 0) is 101 Å². The number of esters is 1. The van der Waals surface area contributed by atoms with E-state index in [1.807, 2.05) is 26.0 Å². The van der Waals surface area contributed by atoms with Crippen LogP contribution in [0.4, 0.5) is 0 Å². The number of carbonyl (C=O) groups excluding carboxylic acids is 2. The van der Waals surface area contributed by atoms with Gasteiger partial charge < -0.3 is 15.4 Å². The predicted octanol–water partition coefficient (Wildman–Crippen LogP) is 4.99. The van der Waals surface area contributed by atoms with E-state index in [1.165, 1.54) is 18.4 Å². The second-order valence-electron chi connectivity index (χ2n) is 9.08. The summed E-state index contributed by atoms with van der Waals surface area (Å²) in [6.45, 7) is 6.12. The molecule has 0 spiro atoms. The van der Waals surface area contributed by atoms with Gasteiger partial charge in [0.2, 0.25) is 0 Å². The summed E-state index contributed by atoms with van der Waals surface area (Å²) in [6.07, 6.45) is 8.73. The van der Waals surface area contributed by atoms with Gasteiger partial charge in [-0.3, -0.25) is 9.59 Å². The topological polar surface area (TPSA) is 67.4 Å². The number of benzene rings is 1. The third kappa shape index (κ3) is 8.12. The van der Waals surface area contributed by atoms with Crippen molar-refractivity contribution in [2.45, 2.75) is 89.7 Å². The second-order valence-corrected chi connectivity index (χ2v) is 9.08. The summed E-state index contributed by atoms with van der Waals surface area (Å²) < 4.78 is 5.36. The van der Waals surface area contributed by atoms with Crippen LogP contribution in [0.25, 0.3) is 0 Å². The summed E-state index contributed by atoms with van der Waals surface area (Å²) in [5, 5.41) is 6.61. The van der Waals surface area contributed by atoms with E-state index < -0.39 is 0 Å². The number of ether oxygens (including phenoxy) is 1. The van der Waals surface area contributed by atoms with E-state index >= 15 is 0 Å². The third-order valence-electron chi connectivity index (χ3n) is 6.83. The zero-order chi connectivity index (χ0) is 21.3. The molecule has 6 heteroatoms. The van der Waals surface area contributed by atoms with Gasteiger partial charge in [-0.15, -0.1) is 12.4 Å². The predicted molar refractivity (Wildman–Crippen MR) is 127 cm³/mol. The average Bonchev–Trinajstić information content (AvgIpc) is 2.79. The number of hydrogen-bond acceptors (Lipinski definition) is 4. The third-order valence-corrected chi connectivity index (χ3v) is 6.83. The Balaban J connectivity index is 0.00000341. The minimum absolute atomic E-state index is 0. The van der Waals surface area contributed by atoms with Crippen LogP contribution >= 0.6 is 12.4 Å². The lowest BCUT2D eigenvalue weighted by Crippen LogP contribution is -2.37. The molecule has 2 aliphatic rings. The summed E-state index contributed by atoms with van der Waals surface area (Å²) in [6, 6.07) is 8.44. The zero-order valence-electron chi connectivity index (χ0n) is 19.0. The molecule has 1 aromatic carbocycles. The molecule has 1 aliphatic heterocycles. The highest BCUT2D eigenvalue weighted by atomic mass is 35.5. The van der Waals surface area contributed by atoms with Crippen LogP contribution in [0.3, 0.4) is 0 Å². The van der Waals surface area contributed by atoms with Crippen LogP contribution in [0.1, 0.15) is 93.5 Å². The fourth-order valence-electron chi connectivity index (χ4n) is 4.61. The first-order valence-corrected chi connectivity index (χ1v) is 11.9. The highest BCUT2D eigenvalue weighted by Crippen LogP contribution is 2.29. The molecule has 1 aromatic rings. The number of piperidine rings is 1. The molecule has 31 heavy (non-hydrogen) atoms. The van der Waals surface area contributed by atoms with E-state index in [9.17, 15) is 9.59 Å². The van der Waals surface area contributed by atoms with E-state index in [0.29, 0.717) is 18.3 Å². The molecule has 174 valence electrons. The van der Waals surface area contributed by atoms with E-state index in [-0.39, 0.29) is 36.4 Å². The molecule has 3 rings (SSSR count). The van der Waals surface area contributed by atoms with E-state index in [4.69, 9.17) is 4.74 Å². The average molecular weight is 451 g/mol.